The van der Waals surface area contributed by atoms with E-state index in [1.807, 2.05) is 4.90 Å². The van der Waals surface area contributed by atoms with Gasteiger partial charge in [0.2, 0.25) is 0 Å². The van der Waals surface area contributed by atoms with Crippen LogP contribution in [-0.2, 0) is 4.74 Å². The predicted octanol–water partition coefficient (Wildman–Crippen LogP) is 2.21. The van der Waals surface area contributed by atoms with E-state index in [0.29, 0.717) is 17.9 Å². The molecule has 7 heteroatoms. The zero-order valence-electron chi connectivity index (χ0n) is 12.6. The maximum atomic E-state index is 13.1. The maximum absolute atomic E-state index is 13.1. The summed E-state index contributed by atoms with van der Waals surface area (Å²) in [5, 5.41) is 9.27. The van der Waals surface area contributed by atoms with Crippen LogP contribution in [0.25, 0.3) is 11.4 Å². The number of carboxylic acid groups (broad SMARTS) is 1. The van der Waals surface area contributed by atoms with Gasteiger partial charge in [0.1, 0.15) is 11.6 Å². The number of methoxy groups -OCH3 is 1. The highest BCUT2D eigenvalue weighted by atomic mass is 19.1. The van der Waals surface area contributed by atoms with E-state index in [4.69, 9.17) is 4.74 Å². The van der Waals surface area contributed by atoms with Gasteiger partial charge in [0.05, 0.1) is 6.10 Å². The van der Waals surface area contributed by atoms with Gasteiger partial charge in [0, 0.05) is 31.8 Å². The molecule has 1 aliphatic rings. The fourth-order valence-electron chi connectivity index (χ4n) is 2.56. The topological polar surface area (TPSA) is 75.5 Å². The van der Waals surface area contributed by atoms with Crippen LogP contribution in [0, 0.1) is 5.82 Å². The number of anilines is 1. The molecule has 1 aliphatic heterocycles. The smallest absolute Gasteiger partial charge is 0.354 e. The summed E-state index contributed by atoms with van der Waals surface area (Å²) in [6, 6.07) is 7.10. The van der Waals surface area contributed by atoms with Gasteiger partial charge >= 0.3 is 5.97 Å². The minimum Gasteiger partial charge on any atom is -0.477 e. The van der Waals surface area contributed by atoms with Crippen LogP contribution in [0.3, 0.4) is 0 Å². The summed E-state index contributed by atoms with van der Waals surface area (Å²) in [6.45, 7) is 1.38. The zero-order chi connectivity index (χ0) is 16.4. The Balaban J connectivity index is 2.00. The summed E-state index contributed by atoms with van der Waals surface area (Å²) in [5.74, 6) is -0.692. The Kier molecular flexibility index (Phi) is 4.20. The molecule has 2 heterocycles. The molecule has 1 atom stereocenters. The van der Waals surface area contributed by atoms with Crippen molar-refractivity contribution in [3.63, 3.8) is 0 Å². The van der Waals surface area contributed by atoms with E-state index in [1.165, 1.54) is 30.3 Å². The lowest BCUT2D eigenvalue weighted by atomic mass is 10.2. The molecule has 6 nitrogen and oxygen atoms in total. The molecule has 0 amide bonds. The summed E-state index contributed by atoms with van der Waals surface area (Å²) in [6.07, 6.45) is 0.960. The molecule has 0 bridgehead atoms. The Morgan fingerprint density at radius 2 is 2.09 bits per heavy atom. The van der Waals surface area contributed by atoms with Crippen molar-refractivity contribution in [1.82, 2.24) is 9.97 Å². The molecular weight excluding hydrogens is 301 g/mol. The van der Waals surface area contributed by atoms with Crippen molar-refractivity contribution in [2.24, 2.45) is 0 Å². The number of nitrogens with zero attached hydrogens (tertiary/aromatic N) is 3. The van der Waals surface area contributed by atoms with Crippen molar-refractivity contribution in [3.8, 4) is 11.4 Å². The number of hydrogen-bond acceptors (Lipinski definition) is 5. The fourth-order valence-corrected chi connectivity index (χ4v) is 2.56. The molecule has 23 heavy (non-hydrogen) atoms. The molecule has 3 rings (SSSR count). The summed E-state index contributed by atoms with van der Waals surface area (Å²) in [5.41, 5.74) is 0.480. The SMILES string of the molecule is COC1CCN(c2cc(C(=O)O)nc(-c3ccc(F)cc3)n2)C1. The molecule has 1 aromatic heterocycles. The highest BCUT2D eigenvalue weighted by molar-refractivity contribution is 5.87. The van der Waals surface area contributed by atoms with Crippen molar-refractivity contribution in [2.45, 2.75) is 12.5 Å². The first kappa shape index (κ1) is 15.4. The Morgan fingerprint density at radius 3 is 2.70 bits per heavy atom. The molecule has 1 unspecified atom stereocenters. The van der Waals surface area contributed by atoms with Crippen molar-refractivity contribution in [2.75, 3.05) is 25.1 Å². The largest absolute Gasteiger partial charge is 0.477 e. The molecule has 0 radical (unpaired) electrons. The number of ether oxygens (including phenoxy) is 1. The molecule has 1 saturated heterocycles. The Bertz CT molecular complexity index is 721. The maximum Gasteiger partial charge on any atom is 0.354 e. The number of aromatic carboxylic acids is 1. The normalized spacial score (nSPS) is 17.5. The van der Waals surface area contributed by atoms with Gasteiger partial charge in [-0.3, -0.25) is 0 Å². The van der Waals surface area contributed by atoms with Crippen LogP contribution in [0.5, 0.6) is 0 Å². The highest BCUT2D eigenvalue weighted by Gasteiger charge is 2.25. The number of carboxylic acids is 1. The van der Waals surface area contributed by atoms with E-state index in [-0.39, 0.29) is 23.4 Å². The van der Waals surface area contributed by atoms with Crippen LogP contribution in [0.15, 0.2) is 30.3 Å². The van der Waals surface area contributed by atoms with Gasteiger partial charge in [-0.2, -0.15) is 0 Å². The van der Waals surface area contributed by atoms with E-state index in [1.54, 1.807) is 7.11 Å². The average Bonchev–Trinajstić information content (AvgIpc) is 3.04. The van der Waals surface area contributed by atoms with Gasteiger partial charge in [-0.25, -0.2) is 19.2 Å². The van der Waals surface area contributed by atoms with Crippen LogP contribution in [0.2, 0.25) is 0 Å². The van der Waals surface area contributed by atoms with Gasteiger partial charge in [0.15, 0.2) is 11.5 Å². The van der Waals surface area contributed by atoms with E-state index >= 15 is 0 Å². The van der Waals surface area contributed by atoms with Crippen LogP contribution < -0.4 is 4.90 Å². The number of rotatable bonds is 4. The number of aromatic nitrogens is 2. The summed E-state index contributed by atoms with van der Waals surface area (Å²) >= 11 is 0. The lowest BCUT2D eigenvalue weighted by Gasteiger charge is -2.18. The van der Waals surface area contributed by atoms with Gasteiger partial charge in [0.25, 0.3) is 0 Å². The minimum absolute atomic E-state index is 0.0878. The average molecular weight is 317 g/mol. The lowest BCUT2D eigenvalue weighted by molar-refractivity contribution is 0.0690. The second-order valence-electron chi connectivity index (χ2n) is 5.34. The summed E-state index contributed by atoms with van der Waals surface area (Å²) in [4.78, 5) is 21.8. The third-order valence-corrected chi connectivity index (χ3v) is 3.84. The third-order valence-electron chi connectivity index (χ3n) is 3.84. The Labute approximate surface area is 132 Å². The standard InChI is InChI=1S/C16H16FN3O3/c1-23-12-6-7-20(9-12)14-8-13(16(21)22)18-15(19-14)10-2-4-11(17)5-3-10/h2-5,8,12H,6-7,9H2,1H3,(H,21,22). The Morgan fingerprint density at radius 1 is 1.35 bits per heavy atom. The highest BCUT2D eigenvalue weighted by Crippen LogP contribution is 2.24. The molecule has 1 N–H and O–H groups in total. The number of benzene rings is 1. The third kappa shape index (κ3) is 3.29. The minimum atomic E-state index is -1.13. The lowest BCUT2D eigenvalue weighted by Crippen LogP contribution is -2.24. The van der Waals surface area contributed by atoms with Crippen molar-refractivity contribution < 1.29 is 19.0 Å². The quantitative estimate of drug-likeness (QED) is 0.932. The number of carbonyl (C=O) groups is 1. The predicted molar refractivity (Wildman–Crippen MR) is 82.0 cm³/mol. The van der Waals surface area contributed by atoms with Crippen LogP contribution in [0.4, 0.5) is 10.2 Å². The van der Waals surface area contributed by atoms with E-state index in [9.17, 15) is 14.3 Å². The van der Waals surface area contributed by atoms with Gasteiger partial charge in [-0.05, 0) is 30.7 Å². The molecule has 2 aromatic rings. The van der Waals surface area contributed by atoms with Crippen molar-refractivity contribution in [1.29, 1.82) is 0 Å². The van der Waals surface area contributed by atoms with Crippen molar-refractivity contribution >= 4 is 11.8 Å². The molecule has 0 spiro atoms. The second-order valence-corrected chi connectivity index (χ2v) is 5.34. The molecular formula is C16H16FN3O3. The zero-order valence-corrected chi connectivity index (χ0v) is 12.6. The summed E-state index contributed by atoms with van der Waals surface area (Å²) < 4.78 is 18.4. The van der Waals surface area contributed by atoms with E-state index < -0.39 is 5.97 Å². The van der Waals surface area contributed by atoms with Gasteiger partial charge in [-0.1, -0.05) is 0 Å². The van der Waals surface area contributed by atoms with E-state index in [2.05, 4.69) is 9.97 Å². The molecule has 120 valence electrons. The van der Waals surface area contributed by atoms with E-state index in [0.717, 1.165) is 13.0 Å². The van der Waals surface area contributed by atoms with Crippen LogP contribution in [0.1, 0.15) is 16.9 Å². The molecule has 0 aliphatic carbocycles. The first-order valence-corrected chi connectivity index (χ1v) is 7.23. The first-order valence-electron chi connectivity index (χ1n) is 7.23. The fraction of sp³-hybridized carbons (Fsp3) is 0.312. The second kappa shape index (κ2) is 6.29. The monoisotopic (exact) mass is 317 g/mol. The molecule has 1 fully saturated rings. The summed E-state index contributed by atoms with van der Waals surface area (Å²) in [7, 11) is 1.65. The number of halogens is 1. The Hall–Kier alpha value is -2.54. The molecule has 1 aromatic carbocycles. The number of hydrogen-bond donors (Lipinski definition) is 1. The van der Waals surface area contributed by atoms with Crippen LogP contribution >= 0.6 is 0 Å². The first-order chi connectivity index (χ1) is 11.1. The van der Waals surface area contributed by atoms with Crippen LogP contribution in [-0.4, -0.2) is 47.3 Å². The van der Waals surface area contributed by atoms with Crippen molar-refractivity contribution in [3.05, 3.63) is 41.8 Å². The molecule has 0 saturated carbocycles. The van der Waals surface area contributed by atoms with Gasteiger partial charge in [-0.15, -0.1) is 0 Å². The van der Waals surface area contributed by atoms with Gasteiger partial charge < -0.3 is 14.7 Å².